The number of carbonyl (C=O) groups excluding carboxylic acids is 1. The van der Waals surface area contributed by atoms with Crippen molar-refractivity contribution in [2.24, 2.45) is 0 Å². The molecule has 0 saturated heterocycles. The normalized spacial score (nSPS) is 10.4. The fourth-order valence-corrected chi connectivity index (χ4v) is 3.32. The molecule has 0 aliphatic rings. The number of hydrogen-bond acceptors (Lipinski definition) is 6. The molecular formula is C22H23N3O3S. The Bertz CT molecular complexity index is 931. The lowest BCUT2D eigenvalue weighted by molar-refractivity contribution is -0.118. The lowest BCUT2D eigenvalue weighted by Crippen LogP contribution is -2.24. The number of carbonyl (C=O) groups is 1. The van der Waals surface area contributed by atoms with Crippen LogP contribution in [0.1, 0.15) is 12.5 Å². The van der Waals surface area contributed by atoms with Crippen molar-refractivity contribution in [3.8, 4) is 22.8 Å². The van der Waals surface area contributed by atoms with Gasteiger partial charge in [-0.1, -0.05) is 30.0 Å². The number of ether oxygens (including phenoxy) is 2. The van der Waals surface area contributed by atoms with Crippen molar-refractivity contribution in [2.75, 3.05) is 19.5 Å². The first kappa shape index (κ1) is 20.7. The highest BCUT2D eigenvalue weighted by atomic mass is 32.2. The summed E-state index contributed by atoms with van der Waals surface area (Å²) in [5.74, 6) is 1.79. The minimum Gasteiger partial charge on any atom is -0.496 e. The van der Waals surface area contributed by atoms with E-state index in [0.29, 0.717) is 18.2 Å². The van der Waals surface area contributed by atoms with Gasteiger partial charge in [0.05, 0.1) is 25.2 Å². The van der Waals surface area contributed by atoms with Gasteiger partial charge in [-0.3, -0.25) is 4.79 Å². The van der Waals surface area contributed by atoms with Crippen LogP contribution in [0, 0.1) is 0 Å². The van der Waals surface area contributed by atoms with Crippen LogP contribution in [0.3, 0.4) is 0 Å². The standard InChI is InChI=1S/C22H23N3O3S/c1-3-28-18-10-8-16(9-11-18)19-12-13-22(25-24-19)29-15-21(26)23-14-17-6-4-5-7-20(17)27-2/h4-13H,3,14-15H2,1-2H3,(H,23,26). The van der Waals surface area contributed by atoms with Crippen LogP contribution < -0.4 is 14.8 Å². The molecule has 0 bridgehead atoms. The Kier molecular flexibility index (Phi) is 7.47. The molecule has 6 nitrogen and oxygen atoms in total. The van der Waals surface area contributed by atoms with Gasteiger partial charge in [0.1, 0.15) is 16.5 Å². The van der Waals surface area contributed by atoms with Crippen molar-refractivity contribution in [1.29, 1.82) is 0 Å². The van der Waals surface area contributed by atoms with Gasteiger partial charge in [0.15, 0.2) is 0 Å². The summed E-state index contributed by atoms with van der Waals surface area (Å²) in [4.78, 5) is 12.1. The van der Waals surface area contributed by atoms with Crippen LogP contribution in [-0.4, -0.2) is 35.6 Å². The highest BCUT2D eigenvalue weighted by Gasteiger charge is 2.08. The van der Waals surface area contributed by atoms with Gasteiger partial charge < -0.3 is 14.8 Å². The van der Waals surface area contributed by atoms with Crippen LogP contribution in [0.4, 0.5) is 0 Å². The summed E-state index contributed by atoms with van der Waals surface area (Å²) in [5, 5.41) is 12.1. The molecule has 3 aromatic rings. The summed E-state index contributed by atoms with van der Waals surface area (Å²) in [6.07, 6.45) is 0. The summed E-state index contributed by atoms with van der Waals surface area (Å²) in [6.45, 7) is 3.01. The fourth-order valence-electron chi connectivity index (χ4n) is 2.67. The van der Waals surface area contributed by atoms with Gasteiger partial charge in [-0.05, 0) is 49.4 Å². The molecule has 0 fully saturated rings. The predicted octanol–water partition coefficient (Wildman–Crippen LogP) is 3.96. The maximum atomic E-state index is 12.1. The van der Waals surface area contributed by atoms with E-state index in [4.69, 9.17) is 9.47 Å². The van der Waals surface area contributed by atoms with Gasteiger partial charge in [-0.25, -0.2) is 0 Å². The van der Waals surface area contributed by atoms with Crippen molar-refractivity contribution < 1.29 is 14.3 Å². The first-order valence-electron chi connectivity index (χ1n) is 9.28. The number of nitrogens with one attached hydrogen (secondary N) is 1. The highest BCUT2D eigenvalue weighted by Crippen LogP contribution is 2.22. The maximum Gasteiger partial charge on any atom is 0.230 e. The molecule has 0 spiro atoms. The van der Waals surface area contributed by atoms with Crippen LogP contribution in [0.25, 0.3) is 11.3 Å². The van der Waals surface area contributed by atoms with E-state index in [0.717, 1.165) is 28.3 Å². The van der Waals surface area contributed by atoms with Crippen LogP contribution in [0.2, 0.25) is 0 Å². The van der Waals surface area contributed by atoms with Crippen molar-refractivity contribution in [2.45, 2.75) is 18.5 Å². The zero-order chi connectivity index (χ0) is 20.5. The molecule has 1 aromatic heterocycles. The van der Waals surface area contributed by atoms with Crippen molar-refractivity contribution >= 4 is 17.7 Å². The fraction of sp³-hybridized carbons (Fsp3) is 0.227. The number of rotatable bonds is 9. The Morgan fingerprint density at radius 1 is 1.03 bits per heavy atom. The molecule has 3 rings (SSSR count). The van der Waals surface area contributed by atoms with E-state index in [-0.39, 0.29) is 11.7 Å². The Balaban J connectivity index is 1.50. The number of methoxy groups -OCH3 is 1. The molecular weight excluding hydrogens is 386 g/mol. The van der Waals surface area contributed by atoms with Crippen molar-refractivity contribution in [3.05, 3.63) is 66.2 Å². The van der Waals surface area contributed by atoms with Crippen LogP contribution in [-0.2, 0) is 11.3 Å². The number of para-hydroxylation sites is 1. The summed E-state index contributed by atoms with van der Waals surface area (Å²) >= 11 is 1.35. The predicted molar refractivity (Wildman–Crippen MR) is 114 cm³/mol. The molecule has 150 valence electrons. The molecule has 0 aliphatic carbocycles. The van der Waals surface area contributed by atoms with Gasteiger partial charge in [-0.2, -0.15) is 0 Å². The van der Waals surface area contributed by atoms with E-state index in [2.05, 4.69) is 15.5 Å². The van der Waals surface area contributed by atoms with E-state index >= 15 is 0 Å². The monoisotopic (exact) mass is 409 g/mol. The summed E-state index contributed by atoms with van der Waals surface area (Å²) in [6, 6.07) is 19.1. The van der Waals surface area contributed by atoms with Crippen molar-refractivity contribution in [3.63, 3.8) is 0 Å². The lowest BCUT2D eigenvalue weighted by Gasteiger charge is -2.09. The van der Waals surface area contributed by atoms with Crippen molar-refractivity contribution in [1.82, 2.24) is 15.5 Å². The van der Waals surface area contributed by atoms with Gasteiger partial charge in [-0.15, -0.1) is 10.2 Å². The summed E-state index contributed by atoms with van der Waals surface area (Å²) in [5.41, 5.74) is 2.68. The molecule has 1 N–H and O–H groups in total. The van der Waals surface area contributed by atoms with E-state index in [1.54, 1.807) is 7.11 Å². The molecule has 1 amide bonds. The second-order valence-electron chi connectivity index (χ2n) is 6.09. The molecule has 0 radical (unpaired) electrons. The second kappa shape index (κ2) is 10.5. The number of aromatic nitrogens is 2. The smallest absolute Gasteiger partial charge is 0.230 e. The summed E-state index contributed by atoms with van der Waals surface area (Å²) < 4.78 is 10.7. The number of amides is 1. The molecule has 7 heteroatoms. The van der Waals surface area contributed by atoms with Gasteiger partial charge in [0.25, 0.3) is 0 Å². The molecule has 0 atom stereocenters. The third-order valence-electron chi connectivity index (χ3n) is 4.12. The van der Waals surface area contributed by atoms with Gasteiger partial charge >= 0.3 is 0 Å². The van der Waals surface area contributed by atoms with Crippen LogP contribution in [0.5, 0.6) is 11.5 Å². The number of nitrogens with zero attached hydrogens (tertiary/aromatic N) is 2. The van der Waals surface area contributed by atoms with E-state index in [1.807, 2.05) is 67.6 Å². The van der Waals surface area contributed by atoms with E-state index in [1.165, 1.54) is 11.8 Å². The average Bonchev–Trinajstić information content (AvgIpc) is 2.77. The number of thioether (sulfide) groups is 1. The Morgan fingerprint density at radius 3 is 2.52 bits per heavy atom. The zero-order valence-electron chi connectivity index (χ0n) is 16.4. The molecule has 1 heterocycles. The highest BCUT2D eigenvalue weighted by molar-refractivity contribution is 7.99. The largest absolute Gasteiger partial charge is 0.496 e. The van der Waals surface area contributed by atoms with Gasteiger partial charge in [0, 0.05) is 17.7 Å². The van der Waals surface area contributed by atoms with E-state index in [9.17, 15) is 4.79 Å². The third-order valence-corrected chi connectivity index (χ3v) is 5.04. The molecule has 0 unspecified atom stereocenters. The molecule has 29 heavy (non-hydrogen) atoms. The van der Waals surface area contributed by atoms with E-state index < -0.39 is 0 Å². The Hall–Kier alpha value is -3.06. The maximum absolute atomic E-state index is 12.1. The number of hydrogen-bond donors (Lipinski definition) is 1. The first-order valence-corrected chi connectivity index (χ1v) is 10.3. The summed E-state index contributed by atoms with van der Waals surface area (Å²) in [7, 11) is 1.62. The molecule has 0 aliphatic heterocycles. The second-order valence-corrected chi connectivity index (χ2v) is 7.09. The van der Waals surface area contributed by atoms with Gasteiger partial charge in [0.2, 0.25) is 5.91 Å². The zero-order valence-corrected chi connectivity index (χ0v) is 17.2. The average molecular weight is 410 g/mol. The lowest BCUT2D eigenvalue weighted by atomic mass is 10.1. The Morgan fingerprint density at radius 2 is 1.83 bits per heavy atom. The third kappa shape index (κ3) is 5.96. The molecule has 0 saturated carbocycles. The first-order chi connectivity index (χ1) is 14.2. The number of benzene rings is 2. The van der Waals surface area contributed by atoms with Crippen LogP contribution in [0.15, 0.2) is 65.7 Å². The Labute approximate surface area is 174 Å². The topological polar surface area (TPSA) is 73.3 Å². The minimum absolute atomic E-state index is 0.0710. The SMILES string of the molecule is CCOc1ccc(-c2ccc(SCC(=O)NCc3ccccc3OC)nn2)cc1. The minimum atomic E-state index is -0.0710. The van der Waals surface area contributed by atoms with Crippen LogP contribution >= 0.6 is 11.8 Å². The quantitative estimate of drug-likeness (QED) is 0.539. The molecule has 2 aromatic carbocycles.